The molecule has 0 bridgehead atoms. The molecular weight excluding hydrogens is 420 g/mol. The molecule has 5 heteroatoms. The Labute approximate surface area is 173 Å². The molecule has 0 fully saturated rings. The SMILES string of the molecule is C#CC(C)(C)NCCCCOc1ccc2c(-c3ccc(Br)cc3)nsc2c1. The zero-order chi connectivity index (χ0) is 19.3. The highest BCUT2D eigenvalue weighted by Gasteiger charge is 2.11. The number of nitrogens with one attached hydrogen (secondary N) is 1. The van der Waals surface area contributed by atoms with Crippen LogP contribution < -0.4 is 10.1 Å². The van der Waals surface area contributed by atoms with Gasteiger partial charge in [-0.05, 0) is 75.1 Å². The first kappa shape index (κ1) is 19.9. The van der Waals surface area contributed by atoms with Crippen LogP contribution in [0.4, 0.5) is 0 Å². The second-order valence-corrected chi connectivity index (χ2v) is 8.67. The van der Waals surface area contributed by atoms with E-state index in [4.69, 9.17) is 11.2 Å². The lowest BCUT2D eigenvalue weighted by Crippen LogP contribution is -2.38. The number of unbranched alkanes of at least 4 members (excludes halogenated alkanes) is 1. The zero-order valence-corrected chi connectivity index (χ0v) is 18.0. The number of hydrogen-bond acceptors (Lipinski definition) is 4. The molecule has 27 heavy (non-hydrogen) atoms. The van der Waals surface area contributed by atoms with Crippen molar-refractivity contribution in [1.82, 2.24) is 9.69 Å². The van der Waals surface area contributed by atoms with E-state index in [2.05, 4.69) is 55.8 Å². The fourth-order valence-corrected chi connectivity index (χ4v) is 3.78. The van der Waals surface area contributed by atoms with Gasteiger partial charge in [-0.15, -0.1) is 6.42 Å². The number of terminal acetylenes is 1. The number of aromatic nitrogens is 1. The maximum absolute atomic E-state index is 5.91. The Morgan fingerprint density at radius 3 is 2.70 bits per heavy atom. The number of rotatable bonds is 8. The summed E-state index contributed by atoms with van der Waals surface area (Å²) < 4.78 is 12.8. The molecule has 0 saturated carbocycles. The number of benzene rings is 2. The molecule has 0 aliphatic carbocycles. The van der Waals surface area contributed by atoms with Crippen molar-refractivity contribution >= 4 is 37.5 Å². The summed E-state index contributed by atoms with van der Waals surface area (Å²) in [4.78, 5) is 0. The van der Waals surface area contributed by atoms with E-state index < -0.39 is 0 Å². The maximum atomic E-state index is 5.91. The molecule has 2 aromatic carbocycles. The molecule has 1 N–H and O–H groups in total. The van der Waals surface area contributed by atoms with Crippen molar-refractivity contribution in [2.75, 3.05) is 13.2 Å². The van der Waals surface area contributed by atoms with Crippen LogP contribution >= 0.6 is 27.5 Å². The van der Waals surface area contributed by atoms with Gasteiger partial charge >= 0.3 is 0 Å². The summed E-state index contributed by atoms with van der Waals surface area (Å²) in [5.74, 6) is 3.64. The van der Waals surface area contributed by atoms with Crippen molar-refractivity contribution in [2.24, 2.45) is 0 Å². The molecule has 0 atom stereocenters. The third-order valence-electron chi connectivity index (χ3n) is 4.33. The van der Waals surface area contributed by atoms with Gasteiger partial charge in [-0.2, -0.15) is 4.37 Å². The Kier molecular flexibility index (Phi) is 6.54. The van der Waals surface area contributed by atoms with Crippen LogP contribution in [0.15, 0.2) is 46.9 Å². The lowest BCUT2D eigenvalue weighted by molar-refractivity contribution is 0.304. The lowest BCUT2D eigenvalue weighted by atomic mass is 10.1. The van der Waals surface area contributed by atoms with E-state index in [0.717, 1.165) is 51.0 Å². The zero-order valence-electron chi connectivity index (χ0n) is 15.6. The van der Waals surface area contributed by atoms with E-state index in [1.54, 1.807) is 0 Å². The van der Waals surface area contributed by atoms with Gasteiger partial charge in [0.1, 0.15) is 5.75 Å². The summed E-state index contributed by atoms with van der Waals surface area (Å²) in [6.07, 6.45) is 7.48. The van der Waals surface area contributed by atoms with E-state index in [1.807, 2.05) is 32.0 Å². The summed E-state index contributed by atoms with van der Waals surface area (Å²) in [5, 5.41) is 4.51. The van der Waals surface area contributed by atoms with Crippen molar-refractivity contribution in [1.29, 1.82) is 0 Å². The quantitative estimate of drug-likeness (QED) is 0.348. The number of ether oxygens (including phenoxy) is 1. The topological polar surface area (TPSA) is 34.1 Å². The lowest BCUT2D eigenvalue weighted by Gasteiger charge is -2.19. The third-order valence-corrected chi connectivity index (χ3v) is 5.67. The van der Waals surface area contributed by atoms with Crippen LogP contribution in [-0.2, 0) is 0 Å². The predicted molar refractivity (Wildman–Crippen MR) is 118 cm³/mol. The molecule has 0 amide bonds. The highest BCUT2D eigenvalue weighted by atomic mass is 79.9. The molecule has 3 aromatic rings. The first-order chi connectivity index (χ1) is 13.0. The summed E-state index contributed by atoms with van der Waals surface area (Å²) in [5.41, 5.74) is 1.90. The van der Waals surface area contributed by atoms with Crippen molar-refractivity contribution in [3.63, 3.8) is 0 Å². The summed E-state index contributed by atoms with van der Waals surface area (Å²) in [7, 11) is 0. The number of nitrogens with zero attached hydrogens (tertiary/aromatic N) is 1. The molecule has 1 aromatic heterocycles. The standard InChI is InChI=1S/C22H23BrN2OS/c1-4-22(2,3)24-13-5-6-14-26-18-11-12-19-20(15-18)27-25-21(19)16-7-9-17(23)10-8-16/h1,7-12,15,24H,5-6,13-14H2,2-3H3. The minimum Gasteiger partial charge on any atom is -0.494 e. The molecule has 0 saturated heterocycles. The average molecular weight is 443 g/mol. The van der Waals surface area contributed by atoms with Gasteiger partial charge in [0.25, 0.3) is 0 Å². The third kappa shape index (κ3) is 5.32. The van der Waals surface area contributed by atoms with Crippen LogP contribution in [-0.4, -0.2) is 23.1 Å². The van der Waals surface area contributed by atoms with E-state index in [1.165, 1.54) is 11.5 Å². The van der Waals surface area contributed by atoms with Gasteiger partial charge in [0.15, 0.2) is 0 Å². The van der Waals surface area contributed by atoms with Crippen molar-refractivity contribution < 1.29 is 4.74 Å². The van der Waals surface area contributed by atoms with E-state index >= 15 is 0 Å². The maximum Gasteiger partial charge on any atom is 0.120 e. The second-order valence-electron chi connectivity index (χ2n) is 6.95. The van der Waals surface area contributed by atoms with Crippen LogP contribution in [0.2, 0.25) is 0 Å². The first-order valence-corrected chi connectivity index (χ1v) is 10.6. The molecule has 3 nitrogen and oxygen atoms in total. The molecule has 140 valence electrons. The van der Waals surface area contributed by atoms with Crippen LogP contribution in [0.5, 0.6) is 5.75 Å². The molecule has 0 aliphatic heterocycles. The van der Waals surface area contributed by atoms with Crippen LogP contribution in [0.25, 0.3) is 21.3 Å². The minimum absolute atomic E-state index is 0.245. The second kappa shape index (κ2) is 8.88. The van der Waals surface area contributed by atoms with Crippen molar-refractivity contribution in [2.45, 2.75) is 32.2 Å². The van der Waals surface area contributed by atoms with E-state index in [0.29, 0.717) is 6.61 Å². The van der Waals surface area contributed by atoms with Gasteiger partial charge < -0.3 is 10.1 Å². The Morgan fingerprint density at radius 2 is 1.96 bits per heavy atom. The summed E-state index contributed by atoms with van der Waals surface area (Å²) in [6, 6.07) is 14.4. The van der Waals surface area contributed by atoms with Crippen LogP contribution in [0.3, 0.4) is 0 Å². The smallest absolute Gasteiger partial charge is 0.120 e. The van der Waals surface area contributed by atoms with Gasteiger partial charge in [0.2, 0.25) is 0 Å². The number of fused-ring (bicyclic) bond motifs is 1. The largest absolute Gasteiger partial charge is 0.494 e. The van der Waals surface area contributed by atoms with E-state index in [9.17, 15) is 0 Å². The Hall–Kier alpha value is -1.87. The Morgan fingerprint density at radius 1 is 1.19 bits per heavy atom. The van der Waals surface area contributed by atoms with Crippen LogP contribution in [0, 0.1) is 12.3 Å². The van der Waals surface area contributed by atoms with Gasteiger partial charge in [0.05, 0.1) is 22.5 Å². The van der Waals surface area contributed by atoms with Crippen LogP contribution in [0.1, 0.15) is 26.7 Å². The Bertz CT molecular complexity index is 941. The molecular formula is C22H23BrN2OS. The monoisotopic (exact) mass is 442 g/mol. The fraction of sp³-hybridized carbons (Fsp3) is 0.318. The van der Waals surface area contributed by atoms with Gasteiger partial charge in [0, 0.05) is 15.4 Å². The molecule has 0 radical (unpaired) electrons. The van der Waals surface area contributed by atoms with Gasteiger partial charge in [-0.25, -0.2) is 0 Å². The molecule has 0 unspecified atom stereocenters. The molecule has 0 spiro atoms. The summed E-state index contributed by atoms with van der Waals surface area (Å²) in [6.45, 7) is 5.61. The normalized spacial score (nSPS) is 11.5. The fourth-order valence-electron chi connectivity index (χ4n) is 2.69. The van der Waals surface area contributed by atoms with Crippen molar-refractivity contribution in [3.05, 3.63) is 46.9 Å². The molecule has 1 heterocycles. The number of hydrogen-bond donors (Lipinski definition) is 1. The number of halogens is 1. The summed E-state index contributed by atoms with van der Waals surface area (Å²) >= 11 is 4.98. The minimum atomic E-state index is -0.245. The highest BCUT2D eigenvalue weighted by Crippen LogP contribution is 2.33. The van der Waals surface area contributed by atoms with Gasteiger partial charge in [-0.3, -0.25) is 0 Å². The average Bonchev–Trinajstić information content (AvgIpc) is 3.08. The molecule has 0 aliphatic rings. The van der Waals surface area contributed by atoms with Gasteiger partial charge in [-0.1, -0.05) is 34.0 Å². The first-order valence-electron chi connectivity index (χ1n) is 8.99. The predicted octanol–water partition coefficient (Wildman–Crippen LogP) is 5.89. The Balaban J connectivity index is 1.55. The van der Waals surface area contributed by atoms with E-state index in [-0.39, 0.29) is 5.54 Å². The highest BCUT2D eigenvalue weighted by molar-refractivity contribution is 9.10. The molecule has 3 rings (SSSR count). The van der Waals surface area contributed by atoms with Crippen molar-refractivity contribution in [3.8, 4) is 29.4 Å².